The van der Waals surface area contributed by atoms with Crippen molar-refractivity contribution in [2.45, 2.75) is 32.6 Å². The van der Waals surface area contributed by atoms with Crippen LogP contribution in [0.1, 0.15) is 43.0 Å². The van der Waals surface area contributed by atoms with Crippen molar-refractivity contribution in [3.63, 3.8) is 0 Å². The quantitative estimate of drug-likeness (QED) is 0.770. The van der Waals surface area contributed by atoms with Crippen LogP contribution in [0.3, 0.4) is 0 Å². The Kier molecular flexibility index (Phi) is 3.45. The fourth-order valence-corrected chi connectivity index (χ4v) is 2.51. The van der Waals surface area contributed by atoms with E-state index in [0.29, 0.717) is 6.54 Å². The van der Waals surface area contributed by atoms with E-state index < -0.39 is 0 Å². The first-order valence-corrected chi connectivity index (χ1v) is 6.30. The normalized spacial score (nSPS) is 17.6. The van der Waals surface area contributed by atoms with Crippen LogP contribution in [0.4, 0.5) is 0 Å². The molecule has 1 amide bonds. The highest BCUT2D eigenvalue weighted by molar-refractivity contribution is 5.97. The van der Waals surface area contributed by atoms with Gasteiger partial charge in [0.1, 0.15) is 11.5 Å². The molecule has 1 fully saturated rings. The van der Waals surface area contributed by atoms with Gasteiger partial charge in [-0.25, -0.2) is 0 Å². The van der Waals surface area contributed by atoms with Gasteiger partial charge in [0.15, 0.2) is 0 Å². The minimum absolute atomic E-state index is 0.0493. The van der Waals surface area contributed by atoms with Crippen molar-refractivity contribution in [1.82, 2.24) is 5.32 Å². The highest BCUT2D eigenvalue weighted by atomic mass is 16.3. The highest BCUT2D eigenvalue weighted by Gasteiger charge is 2.29. The van der Waals surface area contributed by atoms with E-state index in [0.717, 1.165) is 12.8 Å². The molecule has 0 spiro atoms. The molecule has 1 aliphatic carbocycles. The van der Waals surface area contributed by atoms with E-state index in [9.17, 15) is 15.0 Å². The molecule has 98 valence electrons. The summed E-state index contributed by atoms with van der Waals surface area (Å²) in [5, 5.41) is 21.6. The summed E-state index contributed by atoms with van der Waals surface area (Å²) in [4.78, 5) is 11.9. The van der Waals surface area contributed by atoms with Gasteiger partial charge in [-0.15, -0.1) is 0 Å². The first-order valence-electron chi connectivity index (χ1n) is 6.30. The van der Waals surface area contributed by atoms with Gasteiger partial charge in [0.25, 0.3) is 5.91 Å². The third-order valence-electron chi connectivity index (χ3n) is 3.71. The summed E-state index contributed by atoms with van der Waals surface area (Å²) in [6.07, 6.45) is 4.71. The minimum atomic E-state index is -0.291. The predicted octanol–water partition coefficient (Wildman–Crippen LogP) is 2.41. The maximum atomic E-state index is 11.9. The lowest BCUT2D eigenvalue weighted by Crippen LogP contribution is -2.34. The van der Waals surface area contributed by atoms with Crippen LogP contribution in [0.15, 0.2) is 18.2 Å². The second-order valence-electron chi connectivity index (χ2n) is 5.40. The standard InChI is InChI=1S/C14H19NO3/c1-14(6-2-3-7-14)9-15-13(18)11-5-4-10(16)8-12(11)17/h4-5,8,16-17H,2-3,6-7,9H2,1H3,(H,15,18). The van der Waals surface area contributed by atoms with Crippen LogP contribution in [0, 0.1) is 5.41 Å². The van der Waals surface area contributed by atoms with Crippen LogP contribution >= 0.6 is 0 Å². The SMILES string of the molecule is CC1(CNC(=O)c2ccc(O)cc2O)CCCC1. The number of phenols is 2. The summed E-state index contributed by atoms with van der Waals surface area (Å²) in [5.74, 6) is -0.531. The van der Waals surface area contributed by atoms with Crippen LogP contribution in [0.2, 0.25) is 0 Å². The number of nitrogens with one attached hydrogen (secondary N) is 1. The summed E-state index contributed by atoms with van der Waals surface area (Å²) in [7, 11) is 0. The molecule has 1 aromatic rings. The average Bonchev–Trinajstić information content (AvgIpc) is 2.74. The van der Waals surface area contributed by atoms with Crippen molar-refractivity contribution in [1.29, 1.82) is 0 Å². The van der Waals surface area contributed by atoms with Crippen LogP contribution < -0.4 is 5.32 Å². The molecule has 1 saturated carbocycles. The maximum absolute atomic E-state index is 11.9. The lowest BCUT2D eigenvalue weighted by Gasteiger charge is -2.23. The number of carbonyl (C=O) groups is 1. The Balaban J connectivity index is 1.99. The predicted molar refractivity (Wildman–Crippen MR) is 68.7 cm³/mol. The number of benzene rings is 1. The zero-order chi connectivity index (χ0) is 13.2. The Morgan fingerprint density at radius 3 is 2.61 bits per heavy atom. The van der Waals surface area contributed by atoms with E-state index in [1.807, 2.05) is 0 Å². The summed E-state index contributed by atoms with van der Waals surface area (Å²) in [5.41, 5.74) is 0.386. The smallest absolute Gasteiger partial charge is 0.255 e. The van der Waals surface area contributed by atoms with Crippen molar-refractivity contribution in [3.05, 3.63) is 23.8 Å². The molecule has 0 saturated heterocycles. The molecular weight excluding hydrogens is 230 g/mol. The molecule has 2 rings (SSSR count). The maximum Gasteiger partial charge on any atom is 0.255 e. The number of amides is 1. The lowest BCUT2D eigenvalue weighted by atomic mass is 9.89. The Morgan fingerprint density at radius 2 is 2.00 bits per heavy atom. The Morgan fingerprint density at radius 1 is 1.33 bits per heavy atom. The molecule has 18 heavy (non-hydrogen) atoms. The van der Waals surface area contributed by atoms with Crippen LogP contribution in [-0.2, 0) is 0 Å². The fourth-order valence-electron chi connectivity index (χ4n) is 2.51. The van der Waals surface area contributed by atoms with Crippen LogP contribution in [0.25, 0.3) is 0 Å². The van der Waals surface area contributed by atoms with E-state index in [-0.39, 0.29) is 28.4 Å². The van der Waals surface area contributed by atoms with Gasteiger partial charge in [-0.3, -0.25) is 4.79 Å². The first-order chi connectivity index (χ1) is 8.50. The number of carbonyl (C=O) groups excluding carboxylic acids is 1. The Bertz CT molecular complexity index is 450. The van der Waals surface area contributed by atoms with Gasteiger partial charge >= 0.3 is 0 Å². The molecule has 0 heterocycles. The van der Waals surface area contributed by atoms with Crippen LogP contribution in [-0.4, -0.2) is 22.7 Å². The second kappa shape index (κ2) is 4.88. The van der Waals surface area contributed by atoms with Crippen molar-refractivity contribution in [2.75, 3.05) is 6.54 Å². The third-order valence-corrected chi connectivity index (χ3v) is 3.71. The van der Waals surface area contributed by atoms with Gasteiger partial charge < -0.3 is 15.5 Å². The van der Waals surface area contributed by atoms with E-state index in [1.54, 1.807) is 0 Å². The minimum Gasteiger partial charge on any atom is -0.508 e. The average molecular weight is 249 g/mol. The zero-order valence-corrected chi connectivity index (χ0v) is 10.6. The van der Waals surface area contributed by atoms with Crippen molar-refractivity contribution in [3.8, 4) is 11.5 Å². The van der Waals surface area contributed by atoms with Gasteiger partial charge in [-0.1, -0.05) is 19.8 Å². The van der Waals surface area contributed by atoms with Crippen molar-refractivity contribution in [2.24, 2.45) is 5.41 Å². The summed E-state index contributed by atoms with van der Waals surface area (Å²) in [6, 6.07) is 4.00. The van der Waals surface area contributed by atoms with Gasteiger partial charge in [-0.05, 0) is 30.4 Å². The molecule has 0 bridgehead atoms. The summed E-state index contributed by atoms with van der Waals surface area (Å²) >= 11 is 0. The number of rotatable bonds is 3. The number of hydrogen-bond donors (Lipinski definition) is 3. The molecule has 3 N–H and O–H groups in total. The summed E-state index contributed by atoms with van der Waals surface area (Å²) < 4.78 is 0. The molecule has 0 aromatic heterocycles. The third kappa shape index (κ3) is 2.75. The molecule has 4 heteroatoms. The topological polar surface area (TPSA) is 69.6 Å². The molecular formula is C14H19NO3. The van der Waals surface area contributed by atoms with Gasteiger partial charge in [0, 0.05) is 12.6 Å². The first kappa shape index (κ1) is 12.7. The largest absolute Gasteiger partial charge is 0.508 e. The second-order valence-corrected chi connectivity index (χ2v) is 5.40. The van der Waals surface area contributed by atoms with Gasteiger partial charge in [0.05, 0.1) is 5.56 Å². The molecule has 0 radical (unpaired) electrons. The number of aromatic hydroxyl groups is 2. The molecule has 0 aliphatic heterocycles. The molecule has 1 aliphatic rings. The fraction of sp³-hybridized carbons (Fsp3) is 0.500. The molecule has 4 nitrogen and oxygen atoms in total. The zero-order valence-electron chi connectivity index (χ0n) is 10.6. The summed E-state index contributed by atoms with van der Waals surface area (Å²) in [6.45, 7) is 2.81. The van der Waals surface area contributed by atoms with Crippen molar-refractivity contribution < 1.29 is 15.0 Å². The van der Waals surface area contributed by atoms with E-state index in [4.69, 9.17) is 0 Å². The van der Waals surface area contributed by atoms with E-state index >= 15 is 0 Å². The highest BCUT2D eigenvalue weighted by Crippen LogP contribution is 2.36. The van der Waals surface area contributed by atoms with Gasteiger partial charge in [0.2, 0.25) is 0 Å². The van der Waals surface area contributed by atoms with Crippen molar-refractivity contribution >= 4 is 5.91 Å². The molecule has 1 aromatic carbocycles. The monoisotopic (exact) mass is 249 g/mol. The Labute approximate surface area is 107 Å². The molecule has 0 atom stereocenters. The van der Waals surface area contributed by atoms with E-state index in [2.05, 4.69) is 12.2 Å². The number of phenolic OH excluding ortho intramolecular Hbond substituents is 2. The van der Waals surface area contributed by atoms with E-state index in [1.165, 1.54) is 31.0 Å². The number of hydrogen-bond acceptors (Lipinski definition) is 3. The van der Waals surface area contributed by atoms with Gasteiger partial charge in [-0.2, -0.15) is 0 Å². The molecule has 0 unspecified atom stereocenters. The Hall–Kier alpha value is -1.71. The lowest BCUT2D eigenvalue weighted by molar-refractivity contribution is 0.0931. The van der Waals surface area contributed by atoms with Crippen LogP contribution in [0.5, 0.6) is 11.5 Å².